The first-order valence-electron chi connectivity index (χ1n) is 4.47. The molecule has 2 atom stereocenters. The minimum atomic E-state index is -4.57. The Morgan fingerprint density at radius 1 is 1.36 bits per heavy atom. The smallest absolute Gasteiger partial charge is 0.396 e. The number of rotatable bonds is 6. The van der Waals surface area contributed by atoms with Crippen molar-refractivity contribution >= 4 is 0 Å². The molecule has 0 rings (SSSR count). The van der Waals surface area contributed by atoms with E-state index < -0.39 is 18.8 Å². The lowest BCUT2D eigenvalue weighted by molar-refractivity contribution is -0.202. The van der Waals surface area contributed by atoms with E-state index in [1.54, 1.807) is 6.92 Å². The molecule has 0 fully saturated rings. The molecule has 0 heterocycles. The van der Waals surface area contributed by atoms with Crippen molar-refractivity contribution in [2.45, 2.75) is 38.1 Å². The molecule has 0 aliphatic heterocycles. The Hall–Kier alpha value is -0.330. The molecule has 0 aliphatic carbocycles. The summed E-state index contributed by atoms with van der Waals surface area (Å²) in [7, 11) is 0. The average molecular weight is 215 g/mol. The summed E-state index contributed by atoms with van der Waals surface area (Å²) in [6.07, 6.45) is -5.76. The van der Waals surface area contributed by atoms with Crippen molar-refractivity contribution in [3.63, 3.8) is 0 Å². The standard InChI is InChI=1S/C8H16F3NO2/c1-6(3-2-4-13)12-5-7(14)8(9,10)11/h6-7,12-14H,2-5H2,1H3. The molecule has 0 aromatic carbocycles. The largest absolute Gasteiger partial charge is 0.415 e. The van der Waals surface area contributed by atoms with Gasteiger partial charge in [0.05, 0.1) is 0 Å². The van der Waals surface area contributed by atoms with Crippen LogP contribution in [0, 0.1) is 0 Å². The van der Waals surface area contributed by atoms with Crippen LogP contribution in [0.1, 0.15) is 19.8 Å². The molecular weight excluding hydrogens is 199 g/mol. The van der Waals surface area contributed by atoms with E-state index in [9.17, 15) is 13.2 Å². The minimum absolute atomic E-state index is 0.0217. The summed E-state index contributed by atoms with van der Waals surface area (Å²) in [6.45, 7) is 1.22. The molecule has 0 spiro atoms. The van der Waals surface area contributed by atoms with Crippen LogP contribution >= 0.6 is 0 Å². The highest BCUT2D eigenvalue weighted by Crippen LogP contribution is 2.19. The second-order valence-corrected chi connectivity index (χ2v) is 3.23. The maximum Gasteiger partial charge on any atom is 0.415 e. The second kappa shape index (κ2) is 6.21. The minimum Gasteiger partial charge on any atom is -0.396 e. The predicted molar refractivity (Wildman–Crippen MR) is 45.8 cm³/mol. The zero-order valence-electron chi connectivity index (χ0n) is 8.01. The van der Waals surface area contributed by atoms with Crippen molar-refractivity contribution in [2.24, 2.45) is 0 Å². The van der Waals surface area contributed by atoms with Crippen LogP contribution in [0.25, 0.3) is 0 Å². The molecule has 0 saturated carbocycles. The lowest BCUT2D eigenvalue weighted by Gasteiger charge is -2.18. The summed E-state index contributed by atoms with van der Waals surface area (Å²) in [5.74, 6) is 0. The number of hydrogen-bond acceptors (Lipinski definition) is 3. The van der Waals surface area contributed by atoms with Gasteiger partial charge in [0.2, 0.25) is 0 Å². The summed E-state index contributed by atoms with van der Waals surface area (Å²) in [5, 5.41) is 19.6. The van der Waals surface area contributed by atoms with Gasteiger partial charge in [0, 0.05) is 19.2 Å². The molecule has 0 bridgehead atoms. The maximum atomic E-state index is 11.8. The van der Waals surface area contributed by atoms with Gasteiger partial charge < -0.3 is 15.5 Å². The zero-order chi connectivity index (χ0) is 11.2. The predicted octanol–water partition coefficient (Wildman–Crippen LogP) is 0.660. The topological polar surface area (TPSA) is 52.5 Å². The third-order valence-electron chi connectivity index (χ3n) is 1.83. The molecule has 0 aromatic heterocycles. The first-order chi connectivity index (χ1) is 6.38. The van der Waals surface area contributed by atoms with Crippen molar-refractivity contribution in [2.75, 3.05) is 13.2 Å². The highest BCUT2D eigenvalue weighted by molar-refractivity contribution is 4.70. The summed E-state index contributed by atoms with van der Waals surface area (Å²) >= 11 is 0. The first-order valence-corrected chi connectivity index (χ1v) is 4.47. The molecular formula is C8H16F3NO2. The van der Waals surface area contributed by atoms with Gasteiger partial charge in [-0.15, -0.1) is 0 Å². The molecule has 3 nitrogen and oxygen atoms in total. The molecule has 2 unspecified atom stereocenters. The quantitative estimate of drug-likeness (QED) is 0.610. The Bertz CT molecular complexity index is 152. The number of nitrogens with one attached hydrogen (secondary N) is 1. The Morgan fingerprint density at radius 3 is 2.36 bits per heavy atom. The molecule has 0 saturated heterocycles. The van der Waals surface area contributed by atoms with Gasteiger partial charge in [-0.05, 0) is 19.8 Å². The van der Waals surface area contributed by atoms with Crippen LogP contribution < -0.4 is 5.32 Å². The molecule has 0 aromatic rings. The molecule has 14 heavy (non-hydrogen) atoms. The third-order valence-corrected chi connectivity index (χ3v) is 1.83. The van der Waals surface area contributed by atoms with Gasteiger partial charge in [0.1, 0.15) is 0 Å². The van der Waals surface area contributed by atoms with Gasteiger partial charge in [-0.25, -0.2) is 0 Å². The summed E-state index contributed by atoms with van der Waals surface area (Å²) in [5.41, 5.74) is 0. The number of hydrogen-bond donors (Lipinski definition) is 3. The van der Waals surface area contributed by atoms with E-state index in [0.29, 0.717) is 12.8 Å². The van der Waals surface area contributed by atoms with Crippen molar-refractivity contribution < 1.29 is 23.4 Å². The lowest BCUT2D eigenvalue weighted by Crippen LogP contribution is -2.41. The number of aliphatic hydroxyl groups excluding tert-OH is 2. The van der Waals surface area contributed by atoms with Gasteiger partial charge >= 0.3 is 6.18 Å². The van der Waals surface area contributed by atoms with Crippen molar-refractivity contribution in [3.8, 4) is 0 Å². The van der Waals surface area contributed by atoms with Crippen molar-refractivity contribution in [1.82, 2.24) is 5.32 Å². The summed E-state index contributed by atoms with van der Waals surface area (Å²) in [6, 6.07) is -0.140. The van der Waals surface area contributed by atoms with Crippen LogP contribution in [-0.4, -0.2) is 41.7 Å². The average Bonchev–Trinajstić information content (AvgIpc) is 2.09. The monoisotopic (exact) mass is 215 g/mol. The van der Waals surface area contributed by atoms with E-state index in [2.05, 4.69) is 5.32 Å². The summed E-state index contributed by atoms with van der Waals surface area (Å²) in [4.78, 5) is 0. The van der Waals surface area contributed by atoms with E-state index in [4.69, 9.17) is 10.2 Å². The highest BCUT2D eigenvalue weighted by atomic mass is 19.4. The van der Waals surface area contributed by atoms with Gasteiger partial charge in [-0.1, -0.05) is 0 Å². The molecule has 0 aliphatic rings. The Kier molecular flexibility index (Phi) is 6.06. The SMILES string of the molecule is CC(CCCO)NCC(O)C(F)(F)F. The van der Waals surface area contributed by atoms with Gasteiger partial charge in [0.25, 0.3) is 0 Å². The van der Waals surface area contributed by atoms with Gasteiger partial charge in [-0.3, -0.25) is 0 Å². The van der Waals surface area contributed by atoms with E-state index >= 15 is 0 Å². The van der Waals surface area contributed by atoms with E-state index in [0.717, 1.165) is 0 Å². The van der Waals surface area contributed by atoms with Crippen LogP contribution in [0.3, 0.4) is 0 Å². The zero-order valence-corrected chi connectivity index (χ0v) is 8.01. The van der Waals surface area contributed by atoms with Crippen molar-refractivity contribution in [3.05, 3.63) is 0 Å². The fraction of sp³-hybridized carbons (Fsp3) is 1.00. The van der Waals surface area contributed by atoms with Crippen molar-refractivity contribution in [1.29, 1.82) is 0 Å². The lowest BCUT2D eigenvalue weighted by atomic mass is 10.2. The van der Waals surface area contributed by atoms with Gasteiger partial charge in [0.15, 0.2) is 6.10 Å². The Morgan fingerprint density at radius 2 is 1.93 bits per heavy atom. The van der Waals surface area contributed by atoms with E-state index in [-0.39, 0.29) is 12.6 Å². The number of alkyl halides is 3. The summed E-state index contributed by atoms with van der Waals surface area (Å²) < 4.78 is 35.5. The van der Waals surface area contributed by atoms with E-state index in [1.807, 2.05) is 0 Å². The Balaban J connectivity index is 3.61. The van der Waals surface area contributed by atoms with Gasteiger partial charge in [-0.2, -0.15) is 13.2 Å². The Labute approximate surface area is 80.9 Å². The van der Waals surface area contributed by atoms with E-state index in [1.165, 1.54) is 0 Å². The second-order valence-electron chi connectivity index (χ2n) is 3.23. The molecule has 86 valence electrons. The van der Waals surface area contributed by atoms with Crippen LogP contribution in [0.5, 0.6) is 0 Å². The molecule has 3 N–H and O–H groups in total. The normalized spacial score (nSPS) is 16.7. The molecule has 6 heteroatoms. The number of aliphatic hydroxyl groups is 2. The fourth-order valence-electron chi connectivity index (χ4n) is 0.928. The third kappa shape index (κ3) is 6.17. The number of halogens is 3. The van der Waals surface area contributed by atoms with Crippen LogP contribution in [-0.2, 0) is 0 Å². The first kappa shape index (κ1) is 13.7. The molecule has 0 radical (unpaired) electrons. The highest BCUT2D eigenvalue weighted by Gasteiger charge is 2.37. The maximum absolute atomic E-state index is 11.8. The van der Waals surface area contributed by atoms with Crippen LogP contribution in [0.2, 0.25) is 0 Å². The fourth-order valence-corrected chi connectivity index (χ4v) is 0.928. The van der Waals surface area contributed by atoms with Crippen LogP contribution in [0.15, 0.2) is 0 Å². The molecule has 0 amide bonds. The van der Waals surface area contributed by atoms with Crippen LogP contribution in [0.4, 0.5) is 13.2 Å².